The van der Waals surface area contributed by atoms with Gasteiger partial charge in [-0.1, -0.05) is 42.5 Å². The van der Waals surface area contributed by atoms with E-state index in [9.17, 15) is 4.79 Å². The van der Waals surface area contributed by atoms with Crippen molar-refractivity contribution >= 4 is 16.9 Å². The Bertz CT molecular complexity index is 762. The van der Waals surface area contributed by atoms with Gasteiger partial charge in [0.1, 0.15) is 5.82 Å². The van der Waals surface area contributed by atoms with Gasteiger partial charge in [0.05, 0.1) is 11.0 Å². The molecule has 1 aromatic heterocycles. The molecule has 3 rings (SSSR count). The molecule has 0 fully saturated rings. The van der Waals surface area contributed by atoms with E-state index in [0.717, 1.165) is 23.3 Å². The van der Waals surface area contributed by atoms with Gasteiger partial charge in [-0.25, -0.2) is 4.98 Å². The first-order valence-corrected chi connectivity index (χ1v) is 7.00. The summed E-state index contributed by atoms with van der Waals surface area (Å²) < 4.78 is 2.09. The van der Waals surface area contributed by atoms with Crippen molar-refractivity contribution < 1.29 is 4.79 Å². The second kappa shape index (κ2) is 5.79. The standard InChI is InChI=1S/C17H17N3O/c18-16(21)10-11-20-15-9-5-4-8-14(15)19-17(20)12-13-6-2-1-3-7-13/h1-9H,10-12H2,(H2,18,21). The van der Waals surface area contributed by atoms with Crippen molar-refractivity contribution in [1.29, 1.82) is 0 Å². The topological polar surface area (TPSA) is 60.9 Å². The van der Waals surface area contributed by atoms with Crippen LogP contribution in [0, 0.1) is 0 Å². The lowest BCUT2D eigenvalue weighted by molar-refractivity contribution is -0.118. The zero-order valence-corrected chi connectivity index (χ0v) is 11.7. The monoisotopic (exact) mass is 279 g/mol. The van der Waals surface area contributed by atoms with Crippen LogP contribution in [0.4, 0.5) is 0 Å². The van der Waals surface area contributed by atoms with Gasteiger partial charge in [-0.2, -0.15) is 0 Å². The Balaban J connectivity index is 1.99. The maximum atomic E-state index is 11.1. The molecule has 0 spiro atoms. The molecule has 1 heterocycles. The van der Waals surface area contributed by atoms with Crippen molar-refractivity contribution in [3.05, 3.63) is 66.0 Å². The number of carbonyl (C=O) groups is 1. The summed E-state index contributed by atoms with van der Waals surface area (Å²) >= 11 is 0. The average Bonchev–Trinajstić information content (AvgIpc) is 2.83. The van der Waals surface area contributed by atoms with Crippen LogP contribution in [-0.2, 0) is 17.8 Å². The molecule has 106 valence electrons. The Morgan fingerprint density at radius 1 is 1.05 bits per heavy atom. The highest BCUT2D eigenvalue weighted by molar-refractivity contribution is 5.77. The van der Waals surface area contributed by atoms with Gasteiger partial charge in [-0.3, -0.25) is 4.79 Å². The molecule has 0 aliphatic rings. The minimum absolute atomic E-state index is 0.293. The van der Waals surface area contributed by atoms with Crippen molar-refractivity contribution in [2.45, 2.75) is 19.4 Å². The Kier molecular flexibility index (Phi) is 3.69. The van der Waals surface area contributed by atoms with Crippen LogP contribution >= 0.6 is 0 Å². The first-order chi connectivity index (χ1) is 10.2. The number of aryl methyl sites for hydroxylation is 1. The van der Waals surface area contributed by atoms with Gasteiger partial charge in [0.15, 0.2) is 0 Å². The summed E-state index contributed by atoms with van der Waals surface area (Å²) in [5.41, 5.74) is 8.48. The SMILES string of the molecule is NC(=O)CCn1c(Cc2ccccc2)nc2ccccc21. The number of benzene rings is 2. The second-order valence-corrected chi connectivity index (χ2v) is 5.05. The predicted octanol–water partition coefficient (Wildman–Crippen LogP) is 2.50. The second-order valence-electron chi connectivity index (χ2n) is 5.05. The van der Waals surface area contributed by atoms with E-state index in [0.29, 0.717) is 13.0 Å². The molecule has 3 aromatic rings. The Labute approximate surface area is 123 Å². The number of rotatable bonds is 5. The molecule has 21 heavy (non-hydrogen) atoms. The maximum absolute atomic E-state index is 11.1. The zero-order chi connectivity index (χ0) is 14.7. The van der Waals surface area contributed by atoms with Crippen LogP contribution in [-0.4, -0.2) is 15.5 Å². The fraction of sp³-hybridized carbons (Fsp3) is 0.176. The molecular weight excluding hydrogens is 262 g/mol. The van der Waals surface area contributed by atoms with Crippen molar-refractivity contribution in [2.24, 2.45) is 5.73 Å². The summed E-state index contributed by atoms with van der Waals surface area (Å²) in [6.45, 7) is 0.567. The third-order valence-corrected chi connectivity index (χ3v) is 3.52. The summed E-state index contributed by atoms with van der Waals surface area (Å²) in [5.74, 6) is 0.669. The van der Waals surface area contributed by atoms with E-state index < -0.39 is 0 Å². The first kappa shape index (κ1) is 13.4. The Hall–Kier alpha value is -2.62. The number of amides is 1. The molecular formula is C17H17N3O. The molecule has 4 heteroatoms. The summed E-state index contributed by atoms with van der Waals surface area (Å²) in [5, 5.41) is 0. The molecule has 0 atom stereocenters. The predicted molar refractivity (Wildman–Crippen MR) is 82.8 cm³/mol. The number of primary amides is 1. The number of nitrogens with two attached hydrogens (primary N) is 1. The third-order valence-electron chi connectivity index (χ3n) is 3.52. The van der Waals surface area contributed by atoms with E-state index in [-0.39, 0.29) is 5.91 Å². The van der Waals surface area contributed by atoms with Crippen LogP contribution in [0.1, 0.15) is 17.8 Å². The van der Waals surface area contributed by atoms with E-state index in [1.54, 1.807) is 0 Å². The highest BCUT2D eigenvalue weighted by Gasteiger charge is 2.11. The number of hydrogen-bond donors (Lipinski definition) is 1. The van der Waals surface area contributed by atoms with Crippen LogP contribution in [0.5, 0.6) is 0 Å². The number of nitrogens with zero attached hydrogens (tertiary/aromatic N) is 2. The minimum atomic E-state index is -0.293. The van der Waals surface area contributed by atoms with Crippen molar-refractivity contribution in [3.63, 3.8) is 0 Å². The zero-order valence-electron chi connectivity index (χ0n) is 11.7. The highest BCUT2D eigenvalue weighted by atomic mass is 16.1. The summed E-state index contributed by atoms with van der Waals surface area (Å²) in [4.78, 5) is 15.8. The van der Waals surface area contributed by atoms with E-state index >= 15 is 0 Å². The normalized spacial score (nSPS) is 10.9. The third kappa shape index (κ3) is 2.94. The summed E-state index contributed by atoms with van der Waals surface area (Å²) in [6, 6.07) is 18.2. The number of imidazole rings is 1. The van der Waals surface area contributed by atoms with E-state index in [1.807, 2.05) is 42.5 Å². The molecule has 0 radical (unpaired) electrons. The lowest BCUT2D eigenvalue weighted by atomic mass is 10.1. The molecule has 0 saturated heterocycles. The Morgan fingerprint density at radius 2 is 1.76 bits per heavy atom. The largest absolute Gasteiger partial charge is 0.370 e. The highest BCUT2D eigenvalue weighted by Crippen LogP contribution is 2.19. The molecule has 0 saturated carbocycles. The fourth-order valence-corrected chi connectivity index (χ4v) is 2.51. The van der Waals surface area contributed by atoms with Gasteiger partial charge in [-0.15, -0.1) is 0 Å². The van der Waals surface area contributed by atoms with Crippen LogP contribution in [0.3, 0.4) is 0 Å². The van der Waals surface area contributed by atoms with Crippen LogP contribution in [0.2, 0.25) is 0 Å². The van der Waals surface area contributed by atoms with Gasteiger partial charge in [-0.05, 0) is 17.7 Å². The first-order valence-electron chi connectivity index (χ1n) is 7.00. The maximum Gasteiger partial charge on any atom is 0.219 e. The lowest BCUT2D eigenvalue weighted by Crippen LogP contribution is -2.15. The fourth-order valence-electron chi connectivity index (χ4n) is 2.51. The van der Waals surface area contributed by atoms with E-state index in [4.69, 9.17) is 10.7 Å². The van der Waals surface area contributed by atoms with Crippen molar-refractivity contribution in [1.82, 2.24) is 9.55 Å². The quantitative estimate of drug-likeness (QED) is 0.780. The molecule has 4 nitrogen and oxygen atoms in total. The molecule has 1 amide bonds. The Morgan fingerprint density at radius 3 is 2.52 bits per heavy atom. The van der Waals surface area contributed by atoms with E-state index in [1.165, 1.54) is 5.56 Å². The smallest absolute Gasteiger partial charge is 0.219 e. The average molecular weight is 279 g/mol. The van der Waals surface area contributed by atoms with E-state index in [2.05, 4.69) is 16.7 Å². The van der Waals surface area contributed by atoms with Gasteiger partial charge < -0.3 is 10.3 Å². The minimum Gasteiger partial charge on any atom is -0.370 e. The van der Waals surface area contributed by atoms with Crippen LogP contribution in [0.25, 0.3) is 11.0 Å². The molecule has 0 aliphatic heterocycles. The molecule has 0 bridgehead atoms. The van der Waals surface area contributed by atoms with Crippen molar-refractivity contribution in [2.75, 3.05) is 0 Å². The number of fused-ring (bicyclic) bond motifs is 1. The van der Waals surface area contributed by atoms with Gasteiger partial charge in [0, 0.05) is 19.4 Å². The number of para-hydroxylation sites is 2. The van der Waals surface area contributed by atoms with Gasteiger partial charge in [0.25, 0.3) is 0 Å². The lowest BCUT2D eigenvalue weighted by Gasteiger charge is -2.08. The van der Waals surface area contributed by atoms with Gasteiger partial charge >= 0.3 is 0 Å². The van der Waals surface area contributed by atoms with Crippen LogP contribution in [0.15, 0.2) is 54.6 Å². The molecule has 2 aromatic carbocycles. The number of carbonyl (C=O) groups excluding carboxylic acids is 1. The van der Waals surface area contributed by atoms with Gasteiger partial charge in [0.2, 0.25) is 5.91 Å². The van der Waals surface area contributed by atoms with Crippen LogP contribution < -0.4 is 5.73 Å². The molecule has 0 unspecified atom stereocenters. The summed E-state index contributed by atoms with van der Waals surface area (Å²) in [7, 11) is 0. The number of aromatic nitrogens is 2. The van der Waals surface area contributed by atoms with Crippen molar-refractivity contribution in [3.8, 4) is 0 Å². The summed E-state index contributed by atoms with van der Waals surface area (Å²) in [6.07, 6.45) is 1.07. The molecule has 0 aliphatic carbocycles. The molecule has 2 N–H and O–H groups in total. The number of hydrogen-bond acceptors (Lipinski definition) is 2.